The van der Waals surface area contributed by atoms with Gasteiger partial charge in [0.2, 0.25) is 5.91 Å². The fourth-order valence-electron chi connectivity index (χ4n) is 1.80. The molecule has 0 spiro atoms. The number of nitrogens with zero attached hydrogens (tertiary/aromatic N) is 1. The zero-order valence-electron chi connectivity index (χ0n) is 12.5. The minimum Gasteiger partial charge on any atom is -0.496 e. The van der Waals surface area contributed by atoms with Crippen molar-refractivity contribution in [1.29, 1.82) is 0 Å². The first-order chi connectivity index (χ1) is 9.97. The van der Waals surface area contributed by atoms with E-state index in [-0.39, 0.29) is 18.4 Å². The van der Waals surface area contributed by atoms with Crippen LogP contribution in [0.1, 0.15) is 18.9 Å². The van der Waals surface area contributed by atoms with Crippen LogP contribution in [0, 0.1) is 0 Å². The van der Waals surface area contributed by atoms with Crippen LogP contribution in [0.2, 0.25) is 0 Å². The van der Waals surface area contributed by atoms with Gasteiger partial charge in [0.25, 0.3) is 0 Å². The molecule has 0 aliphatic carbocycles. The van der Waals surface area contributed by atoms with Crippen LogP contribution in [-0.4, -0.2) is 44.1 Å². The largest absolute Gasteiger partial charge is 0.496 e. The number of hydrogen-bond acceptors (Lipinski definition) is 4. The lowest BCUT2D eigenvalue weighted by molar-refractivity contribution is -0.148. The molecular formula is C15H20BrNO4. The van der Waals surface area contributed by atoms with Gasteiger partial charge in [-0.05, 0) is 47.0 Å². The number of benzene rings is 1. The van der Waals surface area contributed by atoms with Gasteiger partial charge in [0.05, 0.1) is 18.2 Å². The predicted molar refractivity (Wildman–Crippen MR) is 83.3 cm³/mol. The highest BCUT2D eigenvalue weighted by Gasteiger charge is 2.13. The molecule has 1 aromatic rings. The molecule has 1 aromatic carbocycles. The van der Waals surface area contributed by atoms with Gasteiger partial charge < -0.3 is 14.4 Å². The van der Waals surface area contributed by atoms with Crippen molar-refractivity contribution >= 4 is 27.8 Å². The predicted octanol–water partition coefficient (Wildman–Crippen LogP) is 2.41. The third-order valence-corrected chi connectivity index (χ3v) is 3.56. The molecule has 0 heterocycles. The number of carbonyl (C=O) groups excluding carboxylic acids is 2. The number of rotatable bonds is 7. The van der Waals surface area contributed by atoms with Crippen LogP contribution in [0.5, 0.6) is 5.75 Å². The Kier molecular flexibility index (Phi) is 7.22. The lowest BCUT2D eigenvalue weighted by atomic mass is 10.1. The number of aryl methyl sites for hydroxylation is 1. The maximum Gasteiger partial charge on any atom is 0.325 e. The van der Waals surface area contributed by atoms with E-state index in [1.807, 2.05) is 18.2 Å². The van der Waals surface area contributed by atoms with E-state index in [0.29, 0.717) is 19.4 Å². The summed E-state index contributed by atoms with van der Waals surface area (Å²) < 4.78 is 10.8. The Morgan fingerprint density at radius 1 is 1.33 bits per heavy atom. The smallest absolute Gasteiger partial charge is 0.325 e. The van der Waals surface area contributed by atoms with Gasteiger partial charge in [-0.2, -0.15) is 0 Å². The van der Waals surface area contributed by atoms with Crippen molar-refractivity contribution in [3.8, 4) is 5.75 Å². The molecule has 0 aliphatic heterocycles. The van der Waals surface area contributed by atoms with Crippen molar-refractivity contribution in [2.24, 2.45) is 0 Å². The van der Waals surface area contributed by atoms with Gasteiger partial charge in [-0.3, -0.25) is 9.59 Å². The maximum absolute atomic E-state index is 11.9. The number of carbonyl (C=O) groups is 2. The summed E-state index contributed by atoms with van der Waals surface area (Å²) >= 11 is 3.41. The molecule has 0 radical (unpaired) electrons. The molecule has 0 unspecified atom stereocenters. The fraction of sp³-hybridized carbons (Fsp3) is 0.467. The van der Waals surface area contributed by atoms with E-state index in [1.54, 1.807) is 21.1 Å². The van der Waals surface area contributed by atoms with Crippen LogP contribution in [0.25, 0.3) is 0 Å². The zero-order chi connectivity index (χ0) is 15.8. The first-order valence-corrected chi connectivity index (χ1v) is 7.49. The summed E-state index contributed by atoms with van der Waals surface area (Å²) in [6, 6.07) is 5.70. The second kappa shape index (κ2) is 8.67. The van der Waals surface area contributed by atoms with Crippen molar-refractivity contribution in [3.05, 3.63) is 28.2 Å². The number of likely N-dealkylation sites (N-methyl/N-ethyl adjacent to an activating group) is 1. The van der Waals surface area contributed by atoms with Crippen molar-refractivity contribution < 1.29 is 19.1 Å². The van der Waals surface area contributed by atoms with Crippen LogP contribution in [0.3, 0.4) is 0 Å². The van der Waals surface area contributed by atoms with Crippen LogP contribution in [0.15, 0.2) is 22.7 Å². The first-order valence-electron chi connectivity index (χ1n) is 6.70. The van der Waals surface area contributed by atoms with Gasteiger partial charge in [-0.25, -0.2) is 0 Å². The third kappa shape index (κ3) is 5.75. The highest BCUT2D eigenvalue weighted by atomic mass is 79.9. The van der Waals surface area contributed by atoms with Crippen LogP contribution in [0.4, 0.5) is 0 Å². The molecule has 5 nitrogen and oxygen atoms in total. The molecule has 1 rings (SSSR count). The first kappa shape index (κ1) is 17.5. The van der Waals surface area contributed by atoms with Gasteiger partial charge in [0, 0.05) is 13.5 Å². The number of methoxy groups -OCH3 is 1. The summed E-state index contributed by atoms with van der Waals surface area (Å²) in [5.74, 6) is 0.278. The van der Waals surface area contributed by atoms with E-state index in [9.17, 15) is 9.59 Å². The highest BCUT2D eigenvalue weighted by molar-refractivity contribution is 9.10. The van der Waals surface area contributed by atoms with Crippen LogP contribution in [-0.2, 0) is 20.7 Å². The standard InChI is InChI=1S/C15H20BrNO4/c1-4-21-15(19)10-17(2)14(18)8-6-11-5-7-13(20-3)12(16)9-11/h5,7,9H,4,6,8,10H2,1-3H3. The zero-order valence-corrected chi connectivity index (χ0v) is 14.1. The van der Waals surface area contributed by atoms with Gasteiger partial charge in [-0.15, -0.1) is 0 Å². The Morgan fingerprint density at radius 2 is 2.05 bits per heavy atom. The normalized spacial score (nSPS) is 10.1. The van der Waals surface area contributed by atoms with Gasteiger partial charge in [-0.1, -0.05) is 6.07 Å². The molecule has 0 aliphatic rings. The Bertz CT molecular complexity index is 504. The molecule has 0 saturated carbocycles. The monoisotopic (exact) mass is 357 g/mol. The molecule has 0 atom stereocenters. The van der Waals surface area contributed by atoms with Crippen LogP contribution >= 0.6 is 15.9 Å². The van der Waals surface area contributed by atoms with Crippen molar-refractivity contribution in [2.75, 3.05) is 27.3 Å². The Balaban J connectivity index is 2.48. The third-order valence-electron chi connectivity index (χ3n) is 2.94. The van der Waals surface area contributed by atoms with Gasteiger partial charge in [0.15, 0.2) is 0 Å². The van der Waals surface area contributed by atoms with E-state index in [4.69, 9.17) is 9.47 Å². The molecule has 0 fully saturated rings. The molecule has 6 heteroatoms. The average Bonchev–Trinajstić information content (AvgIpc) is 2.45. The number of amides is 1. The summed E-state index contributed by atoms with van der Waals surface area (Å²) in [7, 11) is 3.21. The van der Waals surface area contributed by atoms with Crippen molar-refractivity contribution in [3.63, 3.8) is 0 Å². The minimum absolute atomic E-state index is 0.0149. The van der Waals surface area contributed by atoms with E-state index in [2.05, 4.69) is 15.9 Å². The molecule has 0 N–H and O–H groups in total. The molecule has 0 aromatic heterocycles. The van der Waals surface area contributed by atoms with Crippen LogP contribution < -0.4 is 4.74 Å². The van der Waals surface area contributed by atoms with E-state index in [0.717, 1.165) is 15.8 Å². The van der Waals surface area contributed by atoms with E-state index in [1.165, 1.54) is 4.90 Å². The Morgan fingerprint density at radius 3 is 2.62 bits per heavy atom. The Hall–Kier alpha value is -1.56. The molecule has 0 saturated heterocycles. The summed E-state index contributed by atoms with van der Waals surface area (Å²) in [6.07, 6.45) is 0.948. The lowest BCUT2D eigenvalue weighted by Crippen LogP contribution is -2.33. The van der Waals surface area contributed by atoms with Crippen molar-refractivity contribution in [2.45, 2.75) is 19.8 Å². The van der Waals surface area contributed by atoms with E-state index < -0.39 is 0 Å². The molecular weight excluding hydrogens is 338 g/mol. The SMILES string of the molecule is CCOC(=O)CN(C)C(=O)CCc1ccc(OC)c(Br)c1. The summed E-state index contributed by atoms with van der Waals surface area (Å²) in [4.78, 5) is 24.6. The maximum atomic E-state index is 11.9. The lowest BCUT2D eigenvalue weighted by Gasteiger charge is -2.16. The van der Waals surface area contributed by atoms with Gasteiger partial charge in [0.1, 0.15) is 12.3 Å². The average molecular weight is 358 g/mol. The van der Waals surface area contributed by atoms with E-state index >= 15 is 0 Å². The number of hydrogen-bond donors (Lipinski definition) is 0. The summed E-state index contributed by atoms with van der Waals surface area (Å²) in [6.45, 7) is 2.04. The number of ether oxygens (including phenoxy) is 2. The Labute approximate surface area is 133 Å². The second-order valence-corrected chi connectivity index (χ2v) is 5.38. The van der Waals surface area contributed by atoms with Gasteiger partial charge >= 0.3 is 5.97 Å². The minimum atomic E-state index is -0.388. The molecule has 1 amide bonds. The molecule has 21 heavy (non-hydrogen) atoms. The fourth-order valence-corrected chi connectivity index (χ4v) is 2.38. The number of halogens is 1. The summed E-state index contributed by atoms with van der Waals surface area (Å²) in [5, 5.41) is 0. The highest BCUT2D eigenvalue weighted by Crippen LogP contribution is 2.26. The number of esters is 1. The quantitative estimate of drug-likeness (QED) is 0.703. The summed E-state index contributed by atoms with van der Waals surface area (Å²) in [5.41, 5.74) is 1.03. The topological polar surface area (TPSA) is 55.8 Å². The molecule has 0 bridgehead atoms. The second-order valence-electron chi connectivity index (χ2n) is 4.52. The van der Waals surface area contributed by atoms with Crippen molar-refractivity contribution in [1.82, 2.24) is 4.90 Å². The molecule has 116 valence electrons.